The van der Waals surface area contributed by atoms with E-state index in [2.05, 4.69) is 6.92 Å². The summed E-state index contributed by atoms with van der Waals surface area (Å²) in [6, 6.07) is 0. The molecule has 0 radical (unpaired) electrons. The molecule has 1 aliphatic rings. The summed E-state index contributed by atoms with van der Waals surface area (Å²) in [7, 11) is 0. The highest BCUT2D eigenvalue weighted by molar-refractivity contribution is 5.53. The van der Waals surface area contributed by atoms with E-state index in [0.29, 0.717) is 12.5 Å². The van der Waals surface area contributed by atoms with Crippen LogP contribution in [0.5, 0.6) is 0 Å². The molecule has 40 valence electrons. The number of rotatable bonds is 0. The molecule has 0 saturated carbocycles. The zero-order chi connectivity index (χ0) is 5.28. The molecule has 1 heterocycles. The summed E-state index contributed by atoms with van der Waals surface area (Å²) < 4.78 is 1.00. The van der Waals surface area contributed by atoms with Gasteiger partial charge in [-0.15, -0.1) is 0 Å². The Morgan fingerprint density at radius 1 is 1.86 bits per heavy atom. The minimum atomic E-state index is 0.581. The average Bonchev–Trinajstić information content (AvgIpc) is 1.87. The molecule has 0 N–H and O–H groups in total. The summed E-state index contributed by atoms with van der Waals surface area (Å²) >= 11 is 0. The Hall–Kier alpha value is -0.530. The molecule has 0 amide bonds. The third kappa shape index (κ3) is 0.918. The molecule has 2 heteroatoms. The van der Waals surface area contributed by atoms with E-state index in [9.17, 15) is 5.21 Å². The van der Waals surface area contributed by atoms with Crippen molar-refractivity contribution in [3.63, 3.8) is 0 Å². The van der Waals surface area contributed by atoms with Crippen LogP contribution < -0.4 is 0 Å². The van der Waals surface area contributed by atoms with Crippen LogP contribution in [-0.2, 0) is 0 Å². The van der Waals surface area contributed by atoms with Crippen LogP contribution in [0.25, 0.3) is 0 Å². The van der Waals surface area contributed by atoms with Crippen molar-refractivity contribution in [1.29, 1.82) is 0 Å². The topological polar surface area (TPSA) is 26.1 Å². The molecule has 0 spiro atoms. The van der Waals surface area contributed by atoms with Gasteiger partial charge in [-0.05, 0) is 0 Å². The van der Waals surface area contributed by atoms with E-state index >= 15 is 0 Å². The predicted molar refractivity (Wildman–Crippen MR) is 28.3 cm³/mol. The first-order valence-electron chi connectivity index (χ1n) is 2.56. The highest BCUT2D eigenvalue weighted by Gasteiger charge is 2.12. The Labute approximate surface area is 43.0 Å². The van der Waals surface area contributed by atoms with Crippen LogP contribution in [0.1, 0.15) is 13.3 Å². The fourth-order valence-corrected chi connectivity index (χ4v) is 0.754. The summed E-state index contributed by atoms with van der Waals surface area (Å²) in [6.45, 7) is 2.77. The molecule has 1 aliphatic heterocycles. The number of hydrogen-bond acceptors (Lipinski definition) is 1. The lowest BCUT2D eigenvalue weighted by atomic mass is 10.2. The number of hydrogen-bond donors (Lipinski definition) is 0. The summed E-state index contributed by atoms with van der Waals surface area (Å²) in [4.78, 5) is 0. The maximum atomic E-state index is 10.3. The van der Waals surface area contributed by atoms with Gasteiger partial charge in [-0.1, -0.05) is 6.92 Å². The van der Waals surface area contributed by atoms with Crippen molar-refractivity contribution in [1.82, 2.24) is 0 Å². The van der Waals surface area contributed by atoms with Gasteiger partial charge in [0.05, 0.1) is 0 Å². The molecule has 7 heavy (non-hydrogen) atoms. The van der Waals surface area contributed by atoms with E-state index < -0.39 is 0 Å². The first-order valence-corrected chi connectivity index (χ1v) is 2.56. The van der Waals surface area contributed by atoms with Crippen molar-refractivity contribution in [2.75, 3.05) is 6.54 Å². The molecule has 0 saturated heterocycles. The van der Waals surface area contributed by atoms with E-state index in [-0.39, 0.29) is 0 Å². The molecular weight excluding hydrogens is 90.1 g/mol. The monoisotopic (exact) mass is 99.1 g/mol. The first-order chi connectivity index (χ1) is 3.29. The van der Waals surface area contributed by atoms with Crippen LogP contribution in [0.4, 0.5) is 0 Å². The minimum Gasteiger partial charge on any atom is -0.624 e. The van der Waals surface area contributed by atoms with E-state index in [1.54, 1.807) is 6.21 Å². The lowest BCUT2D eigenvalue weighted by Gasteiger charge is -1.95. The quantitative estimate of drug-likeness (QED) is 0.322. The van der Waals surface area contributed by atoms with Crippen molar-refractivity contribution in [3.05, 3.63) is 5.21 Å². The third-order valence-corrected chi connectivity index (χ3v) is 1.20. The van der Waals surface area contributed by atoms with Crippen LogP contribution in [-0.4, -0.2) is 17.5 Å². The fraction of sp³-hybridized carbons (Fsp3) is 0.800. The van der Waals surface area contributed by atoms with E-state index in [1.165, 1.54) is 0 Å². The molecule has 0 fully saturated rings. The van der Waals surface area contributed by atoms with Crippen LogP contribution in [0, 0.1) is 11.1 Å². The van der Waals surface area contributed by atoms with Gasteiger partial charge in [0.2, 0.25) is 0 Å². The van der Waals surface area contributed by atoms with Crippen molar-refractivity contribution in [2.45, 2.75) is 13.3 Å². The smallest absolute Gasteiger partial charge is 0.156 e. The molecule has 0 aromatic carbocycles. The molecule has 1 atom stereocenters. The second-order valence-corrected chi connectivity index (χ2v) is 2.12. The molecule has 1 unspecified atom stereocenters. The molecule has 0 bridgehead atoms. The van der Waals surface area contributed by atoms with Crippen LogP contribution in [0.3, 0.4) is 0 Å². The van der Waals surface area contributed by atoms with Gasteiger partial charge in [-0.25, -0.2) is 4.74 Å². The fourth-order valence-electron chi connectivity index (χ4n) is 0.754. The molecule has 0 aliphatic carbocycles. The summed E-state index contributed by atoms with van der Waals surface area (Å²) in [5.74, 6) is 0.581. The molecule has 1 rings (SSSR count). The lowest BCUT2D eigenvalue weighted by Crippen LogP contribution is -2.01. The zero-order valence-corrected chi connectivity index (χ0v) is 4.42. The predicted octanol–water partition coefficient (Wildman–Crippen LogP) is 0.607. The third-order valence-electron chi connectivity index (χ3n) is 1.20. The van der Waals surface area contributed by atoms with Crippen LogP contribution in [0.15, 0.2) is 0 Å². The lowest BCUT2D eigenvalue weighted by molar-refractivity contribution is -0.449. The summed E-state index contributed by atoms with van der Waals surface area (Å²) in [5.41, 5.74) is 0. The molecular formula is C5H9NO. The summed E-state index contributed by atoms with van der Waals surface area (Å²) in [5, 5.41) is 10.3. The van der Waals surface area contributed by atoms with Crippen molar-refractivity contribution < 1.29 is 4.74 Å². The normalized spacial score (nSPS) is 30.4. The van der Waals surface area contributed by atoms with Gasteiger partial charge in [0.15, 0.2) is 12.8 Å². The highest BCUT2D eigenvalue weighted by Crippen LogP contribution is 2.04. The maximum Gasteiger partial charge on any atom is 0.156 e. The number of nitrogens with zero attached hydrogens (tertiary/aromatic N) is 1. The van der Waals surface area contributed by atoms with Crippen molar-refractivity contribution in [2.24, 2.45) is 5.92 Å². The van der Waals surface area contributed by atoms with Crippen molar-refractivity contribution in [3.8, 4) is 0 Å². The molecule has 2 nitrogen and oxygen atoms in total. The molecule has 0 aromatic heterocycles. The Morgan fingerprint density at radius 3 is 2.71 bits per heavy atom. The zero-order valence-electron chi connectivity index (χ0n) is 4.42. The van der Waals surface area contributed by atoms with Crippen LogP contribution >= 0.6 is 0 Å². The Bertz CT molecular complexity index is 98.3. The van der Waals surface area contributed by atoms with Crippen molar-refractivity contribution >= 4 is 6.21 Å². The summed E-state index contributed by atoms with van der Waals surface area (Å²) in [6.07, 6.45) is 2.66. The minimum absolute atomic E-state index is 0.581. The maximum absolute atomic E-state index is 10.3. The number of hydroxylamine groups is 1. The largest absolute Gasteiger partial charge is 0.624 e. The average molecular weight is 99.1 g/mol. The van der Waals surface area contributed by atoms with Gasteiger partial charge in [-0.3, -0.25) is 0 Å². The van der Waals surface area contributed by atoms with Gasteiger partial charge >= 0.3 is 0 Å². The SMILES string of the molecule is CC1CC=[N+]([O-])C1. The first kappa shape index (κ1) is 4.62. The Morgan fingerprint density at radius 2 is 2.57 bits per heavy atom. The highest BCUT2D eigenvalue weighted by atomic mass is 16.5. The standard InChI is InChI=1S/C5H9NO/c1-5-2-3-6(7)4-5/h3,5H,2,4H2,1H3. The Balaban J connectivity index is 2.42. The van der Waals surface area contributed by atoms with Gasteiger partial charge in [0.25, 0.3) is 0 Å². The van der Waals surface area contributed by atoms with Gasteiger partial charge in [0.1, 0.15) is 0 Å². The van der Waals surface area contributed by atoms with E-state index in [4.69, 9.17) is 0 Å². The van der Waals surface area contributed by atoms with Gasteiger partial charge in [-0.2, -0.15) is 0 Å². The Kier molecular flexibility index (Phi) is 1.01. The second-order valence-electron chi connectivity index (χ2n) is 2.12. The van der Waals surface area contributed by atoms with E-state index in [0.717, 1.165) is 11.2 Å². The van der Waals surface area contributed by atoms with Gasteiger partial charge in [0, 0.05) is 12.3 Å². The second kappa shape index (κ2) is 1.52. The van der Waals surface area contributed by atoms with E-state index in [1.807, 2.05) is 0 Å². The van der Waals surface area contributed by atoms with Gasteiger partial charge < -0.3 is 5.21 Å². The van der Waals surface area contributed by atoms with Crippen LogP contribution in [0.2, 0.25) is 0 Å². The molecule has 0 aromatic rings.